The van der Waals surface area contributed by atoms with Crippen molar-refractivity contribution in [2.75, 3.05) is 5.32 Å². The summed E-state index contributed by atoms with van der Waals surface area (Å²) in [6, 6.07) is 26.5. The summed E-state index contributed by atoms with van der Waals surface area (Å²) in [5.74, 6) is 0.0372. The van der Waals surface area contributed by atoms with E-state index >= 15 is 0 Å². The van der Waals surface area contributed by atoms with E-state index in [0.717, 1.165) is 11.1 Å². The van der Waals surface area contributed by atoms with E-state index in [0.29, 0.717) is 24.6 Å². The molecule has 0 spiro atoms. The van der Waals surface area contributed by atoms with Crippen molar-refractivity contribution in [3.8, 4) is 5.75 Å². The third kappa shape index (κ3) is 6.29. The number of nitrogens with one attached hydrogen (secondary N) is 2. The Bertz CT molecular complexity index is 894. The summed E-state index contributed by atoms with van der Waals surface area (Å²) < 4.78 is 5.71. The molecule has 0 saturated heterocycles. The van der Waals surface area contributed by atoms with Gasteiger partial charge in [-0.05, 0) is 35.4 Å². The largest absolute Gasteiger partial charge is 0.489 e. The van der Waals surface area contributed by atoms with Gasteiger partial charge in [-0.15, -0.1) is 0 Å². The van der Waals surface area contributed by atoms with Crippen LogP contribution in [0, 0.1) is 0 Å². The molecule has 3 aromatic carbocycles. The van der Waals surface area contributed by atoms with Crippen LogP contribution in [0.2, 0.25) is 0 Å². The summed E-state index contributed by atoms with van der Waals surface area (Å²) in [4.78, 5) is 23.9. The lowest BCUT2D eigenvalue weighted by Gasteiger charge is -2.09. The zero-order chi connectivity index (χ0) is 19.6. The molecule has 28 heavy (non-hydrogen) atoms. The highest BCUT2D eigenvalue weighted by molar-refractivity contribution is 6.03. The van der Waals surface area contributed by atoms with E-state index in [1.165, 1.54) is 0 Å². The van der Waals surface area contributed by atoms with Gasteiger partial charge in [0.2, 0.25) is 11.8 Å². The van der Waals surface area contributed by atoms with Gasteiger partial charge in [-0.2, -0.15) is 0 Å². The molecule has 0 heterocycles. The molecule has 5 heteroatoms. The van der Waals surface area contributed by atoms with Crippen molar-refractivity contribution in [2.24, 2.45) is 0 Å². The average molecular weight is 374 g/mol. The van der Waals surface area contributed by atoms with Crippen LogP contribution in [0.3, 0.4) is 0 Å². The maximum absolute atomic E-state index is 12.0. The van der Waals surface area contributed by atoms with Gasteiger partial charge in [-0.25, -0.2) is 0 Å². The molecule has 3 aromatic rings. The number of ether oxygens (including phenoxy) is 1. The lowest BCUT2D eigenvalue weighted by molar-refractivity contribution is -0.126. The van der Waals surface area contributed by atoms with E-state index < -0.39 is 0 Å². The van der Waals surface area contributed by atoms with Gasteiger partial charge in [0.25, 0.3) is 0 Å². The van der Waals surface area contributed by atoms with Gasteiger partial charge in [-0.1, -0.05) is 60.7 Å². The third-order valence-electron chi connectivity index (χ3n) is 4.04. The van der Waals surface area contributed by atoms with Gasteiger partial charge in [-0.3, -0.25) is 9.59 Å². The summed E-state index contributed by atoms with van der Waals surface area (Å²) >= 11 is 0. The highest BCUT2D eigenvalue weighted by Crippen LogP contribution is 2.17. The first-order valence-corrected chi connectivity index (χ1v) is 9.06. The predicted octanol–water partition coefficient (Wildman–Crippen LogP) is 3.91. The number of carbonyl (C=O) groups excluding carboxylic acids is 2. The standard InChI is InChI=1S/C23H22N2O3/c26-22(24-16-18-7-3-1-4-8-18)15-23(27)25-20-11-13-21(14-12-20)28-17-19-9-5-2-6-10-19/h1-14H,15-17H2,(H,24,26)(H,25,27). The number of carbonyl (C=O) groups is 2. The van der Waals surface area contributed by atoms with Crippen molar-refractivity contribution in [1.29, 1.82) is 0 Å². The lowest BCUT2D eigenvalue weighted by Crippen LogP contribution is -2.27. The normalized spacial score (nSPS) is 10.1. The summed E-state index contributed by atoms with van der Waals surface area (Å²) in [6.45, 7) is 0.883. The summed E-state index contributed by atoms with van der Waals surface area (Å²) in [5.41, 5.74) is 2.69. The number of benzene rings is 3. The Morgan fingerprint density at radius 1 is 0.714 bits per heavy atom. The minimum Gasteiger partial charge on any atom is -0.489 e. The number of anilines is 1. The van der Waals surface area contributed by atoms with Crippen LogP contribution in [-0.2, 0) is 22.7 Å². The fourth-order valence-corrected chi connectivity index (χ4v) is 2.59. The first kappa shape index (κ1) is 19.2. The second-order valence-electron chi connectivity index (χ2n) is 6.29. The molecule has 3 rings (SSSR count). The second-order valence-corrected chi connectivity index (χ2v) is 6.29. The van der Waals surface area contributed by atoms with Crippen molar-refractivity contribution in [3.05, 3.63) is 96.1 Å². The van der Waals surface area contributed by atoms with Crippen LogP contribution in [0.15, 0.2) is 84.9 Å². The number of hydrogen-bond donors (Lipinski definition) is 2. The monoisotopic (exact) mass is 374 g/mol. The van der Waals surface area contributed by atoms with Crippen LogP contribution in [0.1, 0.15) is 17.5 Å². The molecule has 2 amide bonds. The molecule has 0 aliphatic rings. The quantitative estimate of drug-likeness (QED) is 0.588. The molecule has 0 bridgehead atoms. The Kier molecular flexibility index (Phi) is 6.79. The van der Waals surface area contributed by atoms with Crippen molar-refractivity contribution in [3.63, 3.8) is 0 Å². The maximum atomic E-state index is 12.0. The minimum absolute atomic E-state index is 0.223. The fourth-order valence-electron chi connectivity index (χ4n) is 2.59. The van der Waals surface area contributed by atoms with E-state index in [1.807, 2.05) is 60.7 Å². The molecule has 0 aliphatic heterocycles. The first-order valence-electron chi connectivity index (χ1n) is 9.06. The smallest absolute Gasteiger partial charge is 0.233 e. The van der Waals surface area contributed by atoms with Crippen LogP contribution in [0.5, 0.6) is 5.75 Å². The Balaban J connectivity index is 1.41. The van der Waals surface area contributed by atoms with Crippen molar-refractivity contribution in [2.45, 2.75) is 19.6 Å². The molecule has 142 valence electrons. The second kappa shape index (κ2) is 9.92. The van der Waals surface area contributed by atoms with E-state index in [-0.39, 0.29) is 18.2 Å². The Hall–Kier alpha value is -3.60. The number of hydrogen-bond acceptors (Lipinski definition) is 3. The summed E-state index contributed by atoms with van der Waals surface area (Å²) in [7, 11) is 0. The van der Waals surface area contributed by atoms with Crippen molar-refractivity contribution in [1.82, 2.24) is 5.32 Å². The predicted molar refractivity (Wildman–Crippen MR) is 109 cm³/mol. The number of rotatable bonds is 8. The number of amides is 2. The van der Waals surface area contributed by atoms with Crippen LogP contribution in [0.4, 0.5) is 5.69 Å². The van der Waals surface area contributed by atoms with E-state index in [1.54, 1.807) is 24.3 Å². The molecular weight excluding hydrogens is 352 g/mol. The van der Waals surface area contributed by atoms with E-state index in [9.17, 15) is 9.59 Å². The molecule has 0 saturated carbocycles. The van der Waals surface area contributed by atoms with Crippen LogP contribution < -0.4 is 15.4 Å². The zero-order valence-electron chi connectivity index (χ0n) is 15.4. The maximum Gasteiger partial charge on any atom is 0.233 e. The average Bonchev–Trinajstić information content (AvgIpc) is 2.73. The molecular formula is C23H22N2O3. The molecule has 0 fully saturated rings. The molecule has 0 atom stereocenters. The molecule has 0 unspecified atom stereocenters. The summed E-state index contributed by atoms with van der Waals surface area (Å²) in [5, 5.41) is 5.45. The van der Waals surface area contributed by atoms with E-state index in [2.05, 4.69) is 10.6 Å². The van der Waals surface area contributed by atoms with Gasteiger partial charge in [0, 0.05) is 12.2 Å². The molecule has 5 nitrogen and oxygen atoms in total. The van der Waals surface area contributed by atoms with Gasteiger partial charge in [0.1, 0.15) is 18.8 Å². The highest BCUT2D eigenvalue weighted by atomic mass is 16.5. The Morgan fingerprint density at radius 2 is 1.32 bits per heavy atom. The van der Waals surface area contributed by atoms with Crippen molar-refractivity contribution >= 4 is 17.5 Å². The highest BCUT2D eigenvalue weighted by Gasteiger charge is 2.09. The summed E-state index contributed by atoms with van der Waals surface area (Å²) in [6.07, 6.45) is -0.223. The molecule has 0 aromatic heterocycles. The lowest BCUT2D eigenvalue weighted by atomic mass is 10.2. The molecule has 0 aliphatic carbocycles. The molecule has 2 N–H and O–H groups in total. The van der Waals surface area contributed by atoms with Gasteiger partial charge >= 0.3 is 0 Å². The van der Waals surface area contributed by atoms with Gasteiger partial charge < -0.3 is 15.4 Å². The minimum atomic E-state index is -0.358. The SMILES string of the molecule is O=C(CC(=O)Nc1ccc(OCc2ccccc2)cc1)NCc1ccccc1. The third-order valence-corrected chi connectivity index (χ3v) is 4.04. The van der Waals surface area contributed by atoms with E-state index in [4.69, 9.17) is 4.74 Å². The van der Waals surface area contributed by atoms with Gasteiger partial charge in [0.05, 0.1) is 0 Å². The van der Waals surface area contributed by atoms with Crippen LogP contribution >= 0.6 is 0 Å². The molecule has 0 radical (unpaired) electrons. The van der Waals surface area contributed by atoms with Crippen LogP contribution in [-0.4, -0.2) is 11.8 Å². The topological polar surface area (TPSA) is 67.4 Å². The van der Waals surface area contributed by atoms with Gasteiger partial charge in [0.15, 0.2) is 0 Å². The van der Waals surface area contributed by atoms with Crippen molar-refractivity contribution < 1.29 is 14.3 Å². The Labute approximate surface area is 164 Å². The zero-order valence-corrected chi connectivity index (χ0v) is 15.4. The van der Waals surface area contributed by atoms with Crippen LogP contribution in [0.25, 0.3) is 0 Å². The fraction of sp³-hybridized carbons (Fsp3) is 0.130. The first-order chi connectivity index (χ1) is 13.7. The Morgan fingerprint density at radius 3 is 1.96 bits per heavy atom.